The maximum atomic E-state index is 12.2. The number of rotatable bonds is 5. The fourth-order valence-electron chi connectivity index (χ4n) is 2.79. The molecule has 0 saturated carbocycles. The topological polar surface area (TPSA) is 78.9 Å². The van der Waals surface area contributed by atoms with E-state index >= 15 is 0 Å². The van der Waals surface area contributed by atoms with Crippen molar-refractivity contribution in [1.82, 2.24) is 18.8 Å². The first-order chi connectivity index (χ1) is 12.4. The highest BCUT2D eigenvalue weighted by Crippen LogP contribution is 2.22. The van der Waals surface area contributed by atoms with E-state index in [1.807, 2.05) is 41.3 Å². The second-order valence-corrected chi connectivity index (χ2v) is 8.32. The second-order valence-electron chi connectivity index (χ2n) is 6.18. The summed E-state index contributed by atoms with van der Waals surface area (Å²) in [7, 11) is 1.37. The Balaban J connectivity index is 1.66. The van der Waals surface area contributed by atoms with Gasteiger partial charge in [-0.3, -0.25) is 0 Å². The lowest BCUT2D eigenvalue weighted by Gasteiger charge is -2.35. The van der Waals surface area contributed by atoms with E-state index in [1.54, 1.807) is 21.2 Å². The fraction of sp³-hybridized carbons (Fsp3) is 0.412. The van der Waals surface area contributed by atoms with Gasteiger partial charge in [0.2, 0.25) is 0 Å². The lowest BCUT2D eigenvalue weighted by atomic mass is 10.1. The Morgan fingerprint density at radius 2 is 1.62 bits per heavy atom. The number of methoxy groups -OCH3 is 1. The van der Waals surface area contributed by atoms with Crippen LogP contribution in [-0.2, 0) is 10.2 Å². The van der Waals surface area contributed by atoms with Gasteiger partial charge in [-0.1, -0.05) is 0 Å². The van der Waals surface area contributed by atoms with Gasteiger partial charge in [-0.15, -0.1) is 10.2 Å². The summed E-state index contributed by atoms with van der Waals surface area (Å²) >= 11 is 0. The van der Waals surface area contributed by atoms with E-state index in [9.17, 15) is 8.42 Å². The Morgan fingerprint density at radius 1 is 0.962 bits per heavy atom. The third-order valence-electron chi connectivity index (χ3n) is 4.39. The van der Waals surface area contributed by atoms with Crippen LogP contribution in [0.5, 0.6) is 5.75 Å². The maximum absolute atomic E-state index is 12.2. The second kappa shape index (κ2) is 7.56. The first-order valence-corrected chi connectivity index (χ1v) is 9.72. The van der Waals surface area contributed by atoms with Crippen molar-refractivity contribution in [3.8, 4) is 17.0 Å². The molecule has 0 aliphatic carbocycles. The van der Waals surface area contributed by atoms with Gasteiger partial charge in [0.05, 0.1) is 12.8 Å². The summed E-state index contributed by atoms with van der Waals surface area (Å²) < 4.78 is 32.2. The summed E-state index contributed by atoms with van der Waals surface area (Å²) in [6.07, 6.45) is 0. The minimum Gasteiger partial charge on any atom is -0.497 e. The van der Waals surface area contributed by atoms with Crippen LogP contribution < -0.4 is 9.64 Å². The standard InChI is InChI=1S/C17H23N5O3S/c1-20(2)26(23,24)22-12-10-21(11-13-22)17-9-8-16(18-19-17)14-4-6-15(25-3)7-5-14/h4-9H,10-13H2,1-3H3. The van der Waals surface area contributed by atoms with Crippen LogP contribution in [0.1, 0.15) is 0 Å². The number of hydrogen-bond acceptors (Lipinski definition) is 6. The Hall–Kier alpha value is -2.23. The van der Waals surface area contributed by atoms with Crippen molar-refractivity contribution in [3.05, 3.63) is 36.4 Å². The molecule has 26 heavy (non-hydrogen) atoms. The zero-order chi connectivity index (χ0) is 18.7. The van der Waals surface area contributed by atoms with E-state index in [-0.39, 0.29) is 0 Å². The van der Waals surface area contributed by atoms with Gasteiger partial charge >= 0.3 is 0 Å². The van der Waals surface area contributed by atoms with Crippen LogP contribution in [0, 0.1) is 0 Å². The number of anilines is 1. The largest absolute Gasteiger partial charge is 0.497 e. The van der Waals surface area contributed by atoms with Crippen LogP contribution >= 0.6 is 0 Å². The molecule has 0 N–H and O–H groups in total. The summed E-state index contributed by atoms with van der Waals surface area (Å²) in [4.78, 5) is 2.05. The Labute approximate surface area is 154 Å². The van der Waals surface area contributed by atoms with Crippen LogP contribution in [0.25, 0.3) is 11.3 Å². The number of benzene rings is 1. The van der Waals surface area contributed by atoms with E-state index in [2.05, 4.69) is 10.2 Å². The molecule has 1 aliphatic rings. The molecule has 0 unspecified atom stereocenters. The van der Waals surface area contributed by atoms with Gasteiger partial charge in [0, 0.05) is 45.8 Å². The highest BCUT2D eigenvalue weighted by atomic mass is 32.2. The van der Waals surface area contributed by atoms with Gasteiger partial charge in [0.1, 0.15) is 5.75 Å². The molecule has 2 heterocycles. The highest BCUT2D eigenvalue weighted by molar-refractivity contribution is 7.86. The monoisotopic (exact) mass is 377 g/mol. The lowest BCUT2D eigenvalue weighted by molar-refractivity contribution is 0.354. The molecule has 0 radical (unpaired) electrons. The van der Waals surface area contributed by atoms with Crippen molar-refractivity contribution in [3.63, 3.8) is 0 Å². The molecule has 0 bridgehead atoms. The smallest absolute Gasteiger partial charge is 0.281 e. The Bertz CT molecular complexity index is 830. The van der Waals surface area contributed by atoms with Crippen LogP contribution in [-0.4, -0.2) is 74.6 Å². The molecular weight excluding hydrogens is 354 g/mol. The van der Waals surface area contributed by atoms with Gasteiger partial charge in [0.25, 0.3) is 10.2 Å². The summed E-state index contributed by atoms with van der Waals surface area (Å²) in [6.45, 7) is 2.04. The summed E-state index contributed by atoms with van der Waals surface area (Å²) in [6, 6.07) is 11.5. The van der Waals surface area contributed by atoms with Gasteiger partial charge < -0.3 is 9.64 Å². The Morgan fingerprint density at radius 3 is 2.12 bits per heavy atom. The van der Waals surface area contributed by atoms with Crippen molar-refractivity contribution in [2.45, 2.75) is 0 Å². The lowest BCUT2D eigenvalue weighted by Crippen LogP contribution is -2.51. The Kier molecular flexibility index (Phi) is 5.40. The molecule has 1 aliphatic heterocycles. The molecule has 1 aromatic carbocycles. The highest BCUT2D eigenvalue weighted by Gasteiger charge is 2.29. The minimum atomic E-state index is -3.36. The molecule has 8 nitrogen and oxygen atoms in total. The maximum Gasteiger partial charge on any atom is 0.281 e. The van der Waals surface area contributed by atoms with Crippen molar-refractivity contribution in [2.75, 3.05) is 52.3 Å². The van der Waals surface area contributed by atoms with E-state index in [0.717, 1.165) is 22.8 Å². The molecule has 1 saturated heterocycles. The molecule has 2 aromatic rings. The van der Waals surface area contributed by atoms with Crippen molar-refractivity contribution >= 4 is 16.0 Å². The molecule has 140 valence electrons. The SMILES string of the molecule is COc1ccc(-c2ccc(N3CCN(S(=O)(=O)N(C)C)CC3)nn2)cc1. The van der Waals surface area contributed by atoms with Gasteiger partial charge in [-0.25, -0.2) is 0 Å². The van der Waals surface area contributed by atoms with Crippen LogP contribution in [0.15, 0.2) is 36.4 Å². The van der Waals surface area contributed by atoms with Crippen LogP contribution in [0.3, 0.4) is 0 Å². The van der Waals surface area contributed by atoms with Crippen molar-refractivity contribution in [2.24, 2.45) is 0 Å². The van der Waals surface area contributed by atoms with Crippen molar-refractivity contribution in [1.29, 1.82) is 0 Å². The zero-order valence-electron chi connectivity index (χ0n) is 15.2. The minimum absolute atomic E-state index is 0.433. The molecule has 1 fully saturated rings. The number of piperazine rings is 1. The molecule has 3 rings (SSSR count). The quantitative estimate of drug-likeness (QED) is 0.776. The number of hydrogen-bond donors (Lipinski definition) is 0. The molecule has 0 spiro atoms. The van der Waals surface area contributed by atoms with E-state index in [1.165, 1.54) is 8.61 Å². The van der Waals surface area contributed by atoms with Crippen molar-refractivity contribution < 1.29 is 13.2 Å². The van der Waals surface area contributed by atoms with E-state index in [0.29, 0.717) is 26.2 Å². The van der Waals surface area contributed by atoms with Gasteiger partial charge in [0.15, 0.2) is 5.82 Å². The molecule has 0 atom stereocenters. The first-order valence-electron chi connectivity index (χ1n) is 8.32. The van der Waals surface area contributed by atoms with Gasteiger partial charge in [-0.2, -0.15) is 17.0 Å². The molecular formula is C17H23N5O3S. The number of ether oxygens (including phenoxy) is 1. The molecule has 1 aromatic heterocycles. The molecule has 0 amide bonds. The number of nitrogens with zero attached hydrogens (tertiary/aromatic N) is 5. The predicted molar refractivity (Wildman–Crippen MR) is 100 cm³/mol. The van der Waals surface area contributed by atoms with E-state index < -0.39 is 10.2 Å². The average Bonchev–Trinajstić information content (AvgIpc) is 2.68. The fourth-order valence-corrected chi connectivity index (χ4v) is 3.88. The summed E-state index contributed by atoms with van der Waals surface area (Å²) in [5.74, 6) is 1.55. The molecule has 9 heteroatoms. The number of aromatic nitrogens is 2. The first kappa shape index (κ1) is 18.6. The third kappa shape index (κ3) is 3.79. The third-order valence-corrected chi connectivity index (χ3v) is 6.33. The van der Waals surface area contributed by atoms with E-state index in [4.69, 9.17) is 4.74 Å². The van der Waals surface area contributed by atoms with Crippen LogP contribution in [0.4, 0.5) is 5.82 Å². The zero-order valence-corrected chi connectivity index (χ0v) is 16.0. The summed E-state index contributed by atoms with van der Waals surface area (Å²) in [5.41, 5.74) is 1.75. The van der Waals surface area contributed by atoms with Crippen LogP contribution in [0.2, 0.25) is 0 Å². The average molecular weight is 377 g/mol. The van der Waals surface area contributed by atoms with Gasteiger partial charge in [-0.05, 0) is 36.4 Å². The predicted octanol–water partition coefficient (Wildman–Crippen LogP) is 1.08. The summed E-state index contributed by atoms with van der Waals surface area (Å²) in [5, 5.41) is 8.61. The normalized spacial score (nSPS) is 16.1.